The lowest BCUT2D eigenvalue weighted by atomic mass is 9.97. The van der Waals surface area contributed by atoms with Gasteiger partial charge in [-0.2, -0.15) is 0 Å². The predicted molar refractivity (Wildman–Crippen MR) is 81.4 cm³/mol. The topological polar surface area (TPSA) is 74.7 Å². The number of sulfone groups is 1. The fraction of sp³-hybridized carbons (Fsp3) is 0.533. The molecule has 1 N–H and O–H groups in total. The Hall–Kier alpha value is -1.40. The molecule has 0 amide bonds. The van der Waals surface area contributed by atoms with Crippen molar-refractivity contribution in [3.05, 3.63) is 35.4 Å². The van der Waals surface area contributed by atoms with E-state index in [9.17, 15) is 13.2 Å². The Kier molecular flexibility index (Phi) is 5.00. The van der Waals surface area contributed by atoms with E-state index in [2.05, 4.69) is 4.90 Å². The first-order valence-electron chi connectivity index (χ1n) is 7.06. The van der Waals surface area contributed by atoms with Gasteiger partial charge in [-0.1, -0.05) is 12.1 Å². The van der Waals surface area contributed by atoms with Crippen molar-refractivity contribution in [2.24, 2.45) is 5.92 Å². The van der Waals surface area contributed by atoms with Crippen LogP contribution in [-0.4, -0.2) is 56.0 Å². The molecule has 1 unspecified atom stereocenters. The van der Waals surface area contributed by atoms with Gasteiger partial charge in [0.1, 0.15) is 9.84 Å². The molecule has 1 heterocycles. The Morgan fingerprint density at radius 1 is 1.43 bits per heavy atom. The van der Waals surface area contributed by atoms with E-state index < -0.39 is 15.8 Å². The van der Waals surface area contributed by atoms with E-state index in [0.29, 0.717) is 18.0 Å². The summed E-state index contributed by atoms with van der Waals surface area (Å²) in [6.45, 7) is 2.39. The van der Waals surface area contributed by atoms with E-state index in [1.807, 2.05) is 6.07 Å². The van der Waals surface area contributed by atoms with Gasteiger partial charge in [-0.3, -0.25) is 0 Å². The summed E-state index contributed by atoms with van der Waals surface area (Å²) in [6, 6.07) is 7.04. The predicted octanol–water partition coefficient (Wildman–Crippen LogP) is 1.29. The van der Waals surface area contributed by atoms with Gasteiger partial charge < -0.3 is 10.0 Å². The van der Waals surface area contributed by atoms with Crippen LogP contribution in [0, 0.1) is 5.92 Å². The molecule has 1 saturated heterocycles. The molecule has 0 aliphatic carbocycles. The zero-order chi connectivity index (χ0) is 15.5. The number of carboxylic acids is 1. The molecule has 6 heteroatoms. The van der Waals surface area contributed by atoms with Crippen LogP contribution in [-0.2, 0) is 16.3 Å². The van der Waals surface area contributed by atoms with Crippen molar-refractivity contribution < 1.29 is 18.3 Å². The Bertz CT molecular complexity index is 612. The first-order valence-corrected chi connectivity index (χ1v) is 9.12. The number of nitrogens with zero attached hydrogens (tertiary/aromatic N) is 1. The first kappa shape index (κ1) is 16.0. The summed E-state index contributed by atoms with van der Waals surface area (Å²) >= 11 is 0. The molecule has 5 nitrogen and oxygen atoms in total. The third-order valence-electron chi connectivity index (χ3n) is 3.85. The number of likely N-dealkylation sites (tertiary alicyclic amines) is 1. The highest BCUT2D eigenvalue weighted by atomic mass is 32.2. The minimum Gasteiger partial charge on any atom is -0.478 e. The standard InChI is InChI=1S/C15H21NO4S/c1-21(19,20)8-7-16-6-5-13(11-16)9-12-3-2-4-14(10-12)15(17)18/h2-4,10,13H,5-9,11H2,1H3,(H,17,18). The number of rotatable bonds is 6. The maximum atomic E-state index is 11.2. The van der Waals surface area contributed by atoms with Gasteiger partial charge >= 0.3 is 5.97 Å². The molecule has 2 rings (SSSR count). The monoisotopic (exact) mass is 311 g/mol. The first-order chi connectivity index (χ1) is 9.83. The quantitative estimate of drug-likeness (QED) is 0.857. The molecule has 0 bridgehead atoms. The summed E-state index contributed by atoms with van der Waals surface area (Å²) in [5.74, 6) is -0.236. The molecule has 21 heavy (non-hydrogen) atoms. The van der Waals surface area contributed by atoms with Gasteiger partial charge in [0.15, 0.2) is 0 Å². The number of hydrogen-bond donors (Lipinski definition) is 1. The second-order valence-corrected chi connectivity index (χ2v) is 8.05. The van der Waals surface area contributed by atoms with E-state index in [-0.39, 0.29) is 5.75 Å². The van der Waals surface area contributed by atoms with Crippen LogP contribution < -0.4 is 0 Å². The molecule has 1 aromatic rings. The summed E-state index contributed by atoms with van der Waals surface area (Å²) in [7, 11) is -2.91. The van der Waals surface area contributed by atoms with Crippen molar-refractivity contribution in [2.75, 3.05) is 31.6 Å². The van der Waals surface area contributed by atoms with Crippen molar-refractivity contribution in [3.63, 3.8) is 0 Å². The molecule has 1 aromatic carbocycles. The summed E-state index contributed by atoms with van der Waals surface area (Å²) in [6.07, 6.45) is 3.13. The van der Waals surface area contributed by atoms with Crippen molar-refractivity contribution in [3.8, 4) is 0 Å². The van der Waals surface area contributed by atoms with E-state index in [4.69, 9.17) is 5.11 Å². The van der Waals surface area contributed by atoms with Gasteiger partial charge in [-0.05, 0) is 43.0 Å². The summed E-state index contributed by atoms with van der Waals surface area (Å²) in [4.78, 5) is 13.1. The molecule has 116 valence electrons. The lowest BCUT2D eigenvalue weighted by molar-refractivity contribution is 0.0696. The van der Waals surface area contributed by atoms with Crippen LogP contribution in [0.25, 0.3) is 0 Å². The van der Waals surface area contributed by atoms with Gasteiger partial charge in [-0.25, -0.2) is 13.2 Å². The minimum atomic E-state index is -2.91. The third kappa shape index (κ3) is 5.13. The van der Waals surface area contributed by atoms with Gasteiger partial charge in [-0.15, -0.1) is 0 Å². The molecule has 0 spiro atoms. The SMILES string of the molecule is CS(=O)(=O)CCN1CCC(Cc2cccc(C(=O)O)c2)C1. The van der Waals surface area contributed by atoms with E-state index in [0.717, 1.165) is 31.5 Å². The summed E-state index contributed by atoms with van der Waals surface area (Å²) in [5.41, 5.74) is 1.35. The van der Waals surface area contributed by atoms with Crippen LogP contribution in [0.2, 0.25) is 0 Å². The molecule has 0 saturated carbocycles. The van der Waals surface area contributed by atoms with Crippen molar-refractivity contribution in [1.82, 2.24) is 4.90 Å². The smallest absolute Gasteiger partial charge is 0.335 e. The average molecular weight is 311 g/mol. The fourth-order valence-corrected chi connectivity index (χ4v) is 3.33. The number of carboxylic acid groups (broad SMARTS) is 1. The normalized spacial score (nSPS) is 19.8. The average Bonchev–Trinajstić information content (AvgIpc) is 2.83. The largest absolute Gasteiger partial charge is 0.478 e. The van der Waals surface area contributed by atoms with Crippen LogP contribution in [0.5, 0.6) is 0 Å². The van der Waals surface area contributed by atoms with E-state index in [1.54, 1.807) is 18.2 Å². The molecular formula is C15H21NO4S. The second-order valence-electron chi connectivity index (χ2n) is 5.79. The molecule has 1 aliphatic rings. The third-order valence-corrected chi connectivity index (χ3v) is 4.77. The fourth-order valence-electron chi connectivity index (χ4n) is 2.74. The lowest BCUT2D eigenvalue weighted by Crippen LogP contribution is -2.27. The van der Waals surface area contributed by atoms with Gasteiger partial charge in [0.05, 0.1) is 11.3 Å². The highest BCUT2D eigenvalue weighted by Crippen LogP contribution is 2.21. The van der Waals surface area contributed by atoms with Crippen LogP contribution in [0.4, 0.5) is 0 Å². The number of hydrogen-bond acceptors (Lipinski definition) is 4. The molecular weight excluding hydrogens is 290 g/mol. The molecule has 1 aliphatic heterocycles. The Morgan fingerprint density at radius 2 is 2.19 bits per heavy atom. The van der Waals surface area contributed by atoms with Crippen molar-refractivity contribution >= 4 is 15.8 Å². The van der Waals surface area contributed by atoms with Crippen LogP contribution in [0.1, 0.15) is 22.3 Å². The van der Waals surface area contributed by atoms with Gasteiger partial charge in [0, 0.05) is 19.3 Å². The lowest BCUT2D eigenvalue weighted by Gasteiger charge is -2.15. The number of aromatic carboxylic acids is 1. The maximum absolute atomic E-state index is 11.2. The molecule has 1 fully saturated rings. The molecule has 1 atom stereocenters. The van der Waals surface area contributed by atoms with Crippen LogP contribution in [0.3, 0.4) is 0 Å². The summed E-state index contributed by atoms with van der Waals surface area (Å²) < 4.78 is 22.4. The highest BCUT2D eigenvalue weighted by Gasteiger charge is 2.23. The zero-order valence-electron chi connectivity index (χ0n) is 12.2. The van der Waals surface area contributed by atoms with Gasteiger partial charge in [0.25, 0.3) is 0 Å². The molecule has 0 radical (unpaired) electrons. The number of carbonyl (C=O) groups is 1. The van der Waals surface area contributed by atoms with Crippen molar-refractivity contribution in [2.45, 2.75) is 12.8 Å². The Balaban J connectivity index is 1.88. The molecule has 0 aromatic heterocycles. The van der Waals surface area contributed by atoms with Crippen LogP contribution in [0.15, 0.2) is 24.3 Å². The second kappa shape index (κ2) is 6.58. The van der Waals surface area contributed by atoms with Crippen molar-refractivity contribution in [1.29, 1.82) is 0 Å². The maximum Gasteiger partial charge on any atom is 0.335 e. The zero-order valence-corrected chi connectivity index (χ0v) is 13.0. The number of benzene rings is 1. The Morgan fingerprint density at radius 3 is 2.86 bits per heavy atom. The van der Waals surface area contributed by atoms with E-state index >= 15 is 0 Å². The Labute approximate surface area is 125 Å². The highest BCUT2D eigenvalue weighted by molar-refractivity contribution is 7.90. The summed E-state index contributed by atoms with van der Waals surface area (Å²) in [5, 5.41) is 8.99. The van der Waals surface area contributed by atoms with E-state index in [1.165, 1.54) is 6.26 Å². The minimum absolute atomic E-state index is 0.203. The van der Waals surface area contributed by atoms with Gasteiger partial charge in [0.2, 0.25) is 0 Å². The van der Waals surface area contributed by atoms with Crippen LogP contribution >= 0.6 is 0 Å².